The molecule has 160 valence electrons. The molecule has 1 amide bonds. The van der Waals surface area contributed by atoms with Crippen LogP contribution in [-0.2, 0) is 6.42 Å². The molecule has 4 rings (SSSR count). The third-order valence-corrected chi connectivity index (χ3v) is 7.77. The molecule has 0 N–H and O–H groups in total. The summed E-state index contributed by atoms with van der Waals surface area (Å²) in [6.45, 7) is 3.57. The van der Waals surface area contributed by atoms with E-state index >= 15 is 0 Å². The Hall–Kier alpha value is -1.91. The average molecular weight is 423 g/mol. The number of thiophene rings is 1. The van der Waals surface area contributed by atoms with Gasteiger partial charge in [0.05, 0.1) is 4.88 Å². The normalized spacial score (nSPS) is 21.4. The van der Waals surface area contributed by atoms with Gasteiger partial charge >= 0.3 is 0 Å². The molecule has 2 aliphatic rings. The summed E-state index contributed by atoms with van der Waals surface area (Å²) in [5, 5.41) is 1.99. The maximum Gasteiger partial charge on any atom is 0.263 e. The van der Waals surface area contributed by atoms with E-state index in [-0.39, 0.29) is 11.9 Å². The lowest BCUT2D eigenvalue weighted by atomic mass is 9.84. The van der Waals surface area contributed by atoms with Crippen molar-refractivity contribution in [1.82, 2.24) is 9.80 Å². The zero-order chi connectivity index (χ0) is 20.8. The zero-order valence-electron chi connectivity index (χ0n) is 18.1. The standard InChI is InChI=1S/C26H34N2OS/c1-27(26(29)25-13-8-18-30-25)24(19-21-9-4-2-5-10-21)23-14-16-28(17-15-23)20-22-11-6-3-7-12-22/h2-6,8-10,13,18,22-24H,7,11-12,14-17,19-20H2,1H3/t22-,24+/m0/s1. The van der Waals surface area contributed by atoms with Crippen molar-refractivity contribution in [2.24, 2.45) is 11.8 Å². The van der Waals surface area contributed by atoms with Gasteiger partial charge in [0.25, 0.3) is 5.91 Å². The van der Waals surface area contributed by atoms with Crippen molar-refractivity contribution < 1.29 is 4.79 Å². The number of likely N-dealkylation sites (N-methyl/N-ethyl adjacent to an activating group) is 1. The summed E-state index contributed by atoms with van der Waals surface area (Å²) >= 11 is 1.54. The number of allylic oxidation sites excluding steroid dienone is 2. The van der Waals surface area contributed by atoms with Crippen LogP contribution in [0.4, 0.5) is 0 Å². The molecule has 2 aromatic rings. The summed E-state index contributed by atoms with van der Waals surface area (Å²) in [7, 11) is 2.01. The molecule has 0 unspecified atom stereocenters. The van der Waals surface area contributed by atoms with Gasteiger partial charge in [-0.25, -0.2) is 0 Å². The van der Waals surface area contributed by atoms with Crippen LogP contribution in [0.15, 0.2) is 60.0 Å². The van der Waals surface area contributed by atoms with Crippen LogP contribution in [0.1, 0.15) is 47.3 Å². The lowest BCUT2D eigenvalue weighted by molar-refractivity contribution is 0.0580. The van der Waals surface area contributed by atoms with Gasteiger partial charge in [-0.2, -0.15) is 0 Å². The summed E-state index contributed by atoms with van der Waals surface area (Å²) < 4.78 is 0. The van der Waals surface area contributed by atoms with Crippen LogP contribution in [0.5, 0.6) is 0 Å². The maximum absolute atomic E-state index is 13.1. The first-order valence-corrected chi connectivity index (χ1v) is 12.3. The van der Waals surface area contributed by atoms with Crippen LogP contribution in [-0.4, -0.2) is 48.4 Å². The number of amides is 1. The second kappa shape index (κ2) is 10.4. The number of hydrogen-bond acceptors (Lipinski definition) is 3. The third-order valence-electron chi connectivity index (χ3n) is 6.91. The molecule has 4 heteroatoms. The average Bonchev–Trinajstić information content (AvgIpc) is 3.34. The van der Waals surface area contributed by atoms with Crippen LogP contribution in [0.3, 0.4) is 0 Å². The molecule has 30 heavy (non-hydrogen) atoms. The van der Waals surface area contributed by atoms with E-state index in [1.54, 1.807) is 11.3 Å². The minimum absolute atomic E-state index is 0.169. The zero-order valence-corrected chi connectivity index (χ0v) is 18.9. The van der Waals surface area contributed by atoms with Crippen molar-refractivity contribution in [3.05, 3.63) is 70.4 Å². The molecule has 0 saturated carbocycles. The number of carbonyl (C=O) groups excluding carboxylic acids is 1. The lowest BCUT2D eigenvalue weighted by Crippen LogP contribution is -2.48. The van der Waals surface area contributed by atoms with Gasteiger partial charge in [-0.3, -0.25) is 4.79 Å². The number of carbonyl (C=O) groups is 1. The largest absolute Gasteiger partial charge is 0.337 e. The van der Waals surface area contributed by atoms with E-state index in [4.69, 9.17) is 0 Å². The van der Waals surface area contributed by atoms with Crippen molar-refractivity contribution in [1.29, 1.82) is 0 Å². The number of benzene rings is 1. The van der Waals surface area contributed by atoms with E-state index in [1.165, 1.54) is 44.2 Å². The number of piperidine rings is 1. The van der Waals surface area contributed by atoms with E-state index in [0.717, 1.165) is 30.3 Å². The molecule has 3 nitrogen and oxygen atoms in total. The Morgan fingerprint density at radius 1 is 1.10 bits per heavy atom. The predicted octanol–water partition coefficient (Wildman–Crippen LogP) is 5.50. The second-order valence-corrected chi connectivity index (χ2v) is 9.89. The fraction of sp³-hybridized carbons (Fsp3) is 0.500. The highest BCUT2D eigenvalue weighted by molar-refractivity contribution is 7.12. The van der Waals surface area contributed by atoms with E-state index < -0.39 is 0 Å². The smallest absolute Gasteiger partial charge is 0.263 e. The highest BCUT2D eigenvalue weighted by atomic mass is 32.1. The molecule has 2 heterocycles. The fourth-order valence-electron chi connectivity index (χ4n) is 5.11. The first kappa shape index (κ1) is 21.3. The van der Waals surface area contributed by atoms with Crippen LogP contribution in [0.2, 0.25) is 0 Å². The summed E-state index contributed by atoms with van der Waals surface area (Å²) in [6.07, 6.45) is 11.8. The van der Waals surface area contributed by atoms with Crippen molar-refractivity contribution in [2.45, 2.75) is 44.6 Å². The quantitative estimate of drug-likeness (QED) is 0.550. The molecule has 2 atom stereocenters. The van der Waals surface area contributed by atoms with Gasteiger partial charge in [-0.1, -0.05) is 48.6 Å². The van der Waals surface area contributed by atoms with Crippen molar-refractivity contribution in [3.8, 4) is 0 Å². The van der Waals surface area contributed by atoms with E-state index in [9.17, 15) is 4.79 Å². The molecule has 1 fully saturated rings. The van der Waals surface area contributed by atoms with Crippen LogP contribution in [0, 0.1) is 11.8 Å². The molecule has 0 spiro atoms. The van der Waals surface area contributed by atoms with Gasteiger partial charge < -0.3 is 9.80 Å². The second-order valence-electron chi connectivity index (χ2n) is 8.94. The van der Waals surface area contributed by atoms with E-state index in [2.05, 4.69) is 47.4 Å². The van der Waals surface area contributed by atoms with Crippen LogP contribution in [0.25, 0.3) is 0 Å². The number of hydrogen-bond donors (Lipinski definition) is 0. The predicted molar refractivity (Wildman–Crippen MR) is 126 cm³/mol. The highest BCUT2D eigenvalue weighted by Gasteiger charge is 2.32. The summed E-state index contributed by atoms with van der Waals surface area (Å²) in [4.78, 5) is 18.7. The van der Waals surface area contributed by atoms with Crippen LogP contribution < -0.4 is 0 Å². The lowest BCUT2D eigenvalue weighted by Gasteiger charge is -2.41. The van der Waals surface area contributed by atoms with E-state index in [0.29, 0.717) is 5.92 Å². The minimum atomic E-state index is 0.169. The molecular weight excluding hydrogens is 388 g/mol. The summed E-state index contributed by atoms with van der Waals surface area (Å²) in [6, 6.07) is 14.8. The van der Waals surface area contributed by atoms with Crippen molar-refractivity contribution in [3.63, 3.8) is 0 Å². The van der Waals surface area contributed by atoms with Crippen LogP contribution >= 0.6 is 11.3 Å². The van der Waals surface area contributed by atoms with Gasteiger partial charge in [-0.15, -0.1) is 11.3 Å². The Labute approximate surface area is 185 Å². The van der Waals surface area contributed by atoms with Gasteiger partial charge in [0.2, 0.25) is 0 Å². The summed E-state index contributed by atoms with van der Waals surface area (Å²) in [5.74, 6) is 1.55. The SMILES string of the molecule is CN(C(=O)c1cccs1)[C@H](Cc1ccccc1)C1CCN(C[C@H]2CC=CCC2)CC1. The molecule has 0 bridgehead atoms. The topological polar surface area (TPSA) is 23.6 Å². The highest BCUT2D eigenvalue weighted by Crippen LogP contribution is 2.29. The van der Waals surface area contributed by atoms with Gasteiger partial charge in [-0.05, 0) is 80.5 Å². The first-order valence-electron chi connectivity index (χ1n) is 11.4. The molecule has 1 aliphatic heterocycles. The third kappa shape index (κ3) is 5.41. The molecule has 1 aliphatic carbocycles. The Balaban J connectivity index is 1.41. The minimum Gasteiger partial charge on any atom is -0.337 e. The Morgan fingerprint density at radius 2 is 1.90 bits per heavy atom. The number of nitrogens with zero attached hydrogens (tertiary/aromatic N) is 2. The Morgan fingerprint density at radius 3 is 2.57 bits per heavy atom. The summed E-state index contributed by atoms with van der Waals surface area (Å²) in [5.41, 5.74) is 1.32. The number of likely N-dealkylation sites (tertiary alicyclic amines) is 1. The molecular formula is C26H34N2OS. The molecule has 1 aromatic carbocycles. The molecule has 0 radical (unpaired) electrons. The van der Waals surface area contributed by atoms with Gasteiger partial charge in [0.15, 0.2) is 0 Å². The Bertz CT molecular complexity index is 809. The number of rotatable bonds is 7. The fourth-order valence-corrected chi connectivity index (χ4v) is 5.81. The van der Waals surface area contributed by atoms with Crippen molar-refractivity contribution >= 4 is 17.2 Å². The van der Waals surface area contributed by atoms with Gasteiger partial charge in [0.1, 0.15) is 0 Å². The Kier molecular flexibility index (Phi) is 7.40. The maximum atomic E-state index is 13.1. The van der Waals surface area contributed by atoms with E-state index in [1.807, 2.05) is 29.5 Å². The monoisotopic (exact) mass is 422 g/mol. The van der Waals surface area contributed by atoms with Gasteiger partial charge in [0, 0.05) is 19.6 Å². The molecule has 1 aromatic heterocycles. The molecule has 1 saturated heterocycles. The van der Waals surface area contributed by atoms with Crippen molar-refractivity contribution in [2.75, 3.05) is 26.7 Å². The first-order chi connectivity index (χ1) is 14.7.